The van der Waals surface area contributed by atoms with E-state index in [2.05, 4.69) is 0 Å². The number of halogens is 2. The van der Waals surface area contributed by atoms with Gasteiger partial charge in [0.2, 0.25) is 5.43 Å². The summed E-state index contributed by atoms with van der Waals surface area (Å²) in [6.07, 6.45) is 4.15. The molecule has 5 rings (SSSR count). The topological polar surface area (TPSA) is 97.8 Å². The average molecular weight is 433 g/mol. The van der Waals surface area contributed by atoms with Crippen LogP contribution in [-0.2, 0) is 0 Å². The smallest absolute Gasteiger partial charge is 0.341 e. The quantitative estimate of drug-likeness (QED) is 0.770. The fourth-order valence-electron chi connectivity index (χ4n) is 5.46. The molecule has 0 bridgehead atoms. The van der Waals surface area contributed by atoms with Gasteiger partial charge < -0.3 is 25.0 Å². The lowest BCUT2D eigenvalue weighted by molar-refractivity contribution is 0.0694. The summed E-state index contributed by atoms with van der Waals surface area (Å²) in [5.74, 6) is -1.76. The second kappa shape index (κ2) is 6.91. The van der Waals surface area contributed by atoms with Gasteiger partial charge in [0.15, 0.2) is 11.6 Å². The minimum Gasteiger partial charge on any atom is -0.492 e. The number of benzene rings is 1. The Labute approximate surface area is 177 Å². The van der Waals surface area contributed by atoms with Crippen molar-refractivity contribution < 1.29 is 23.4 Å². The van der Waals surface area contributed by atoms with Gasteiger partial charge in [-0.15, -0.1) is 0 Å². The van der Waals surface area contributed by atoms with Crippen molar-refractivity contribution in [3.63, 3.8) is 0 Å². The van der Waals surface area contributed by atoms with Gasteiger partial charge >= 0.3 is 5.97 Å². The van der Waals surface area contributed by atoms with E-state index < -0.39 is 40.5 Å². The molecule has 3 aliphatic rings. The molecule has 1 aromatic carbocycles. The van der Waals surface area contributed by atoms with Crippen molar-refractivity contribution in [2.24, 2.45) is 11.7 Å². The summed E-state index contributed by atoms with van der Waals surface area (Å²) in [4.78, 5) is 26.3. The van der Waals surface area contributed by atoms with E-state index >= 15 is 4.39 Å². The standard InChI is InChI=1S/C22H25F2N3O4/c1-31-20-17-12(19(28)13(21(29)30)9-27(17)16-7-14(16)23)6-15(24)18(20)26-8-11-4-2-3-5-22(11,25)10-26/h6,9,11,14,16H,2-5,7-8,10,25H2,1H3,(H,29,30)/t11?,14?,16?,22-/m1/s1. The van der Waals surface area contributed by atoms with Crippen molar-refractivity contribution in [1.29, 1.82) is 0 Å². The number of hydrogen-bond acceptors (Lipinski definition) is 5. The highest BCUT2D eigenvalue weighted by Gasteiger charge is 2.47. The van der Waals surface area contributed by atoms with Crippen LogP contribution in [0.2, 0.25) is 0 Å². The predicted octanol–water partition coefficient (Wildman–Crippen LogP) is 2.84. The minimum absolute atomic E-state index is 0.116. The number of ether oxygens (including phenoxy) is 1. The molecule has 1 saturated heterocycles. The SMILES string of the molecule is COc1c(N2CC3CCCC[C@@]3(N)C2)c(F)cc2c(=O)c(C(=O)O)cn(C3CC3F)c12. The summed E-state index contributed by atoms with van der Waals surface area (Å²) >= 11 is 0. The Balaban J connectivity index is 1.74. The third-order valence-corrected chi connectivity index (χ3v) is 7.17. The van der Waals surface area contributed by atoms with E-state index in [-0.39, 0.29) is 34.7 Å². The molecule has 3 unspecified atom stereocenters. The number of aromatic carboxylic acids is 1. The molecular formula is C22H25F2N3O4. The average Bonchev–Trinajstić information content (AvgIpc) is 3.33. The highest BCUT2D eigenvalue weighted by molar-refractivity contribution is 5.97. The van der Waals surface area contributed by atoms with E-state index in [9.17, 15) is 19.1 Å². The number of carboxylic acids is 1. The van der Waals surface area contributed by atoms with E-state index in [0.29, 0.717) is 13.1 Å². The van der Waals surface area contributed by atoms with Crippen LogP contribution in [0, 0.1) is 11.7 Å². The molecule has 2 heterocycles. The molecule has 0 radical (unpaired) electrons. The highest BCUT2D eigenvalue weighted by Crippen LogP contribution is 2.47. The molecule has 3 fully saturated rings. The monoisotopic (exact) mass is 433 g/mol. The van der Waals surface area contributed by atoms with Crippen LogP contribution in [0.1, 0.15) is 48.5 Å². The fraction of sp³-hybridized carbons (Fsp3) is 0.545. The van der Waals surface area contributed by atoms with E-state index in [4.69, 9.17) is 10.5 Å². The van der Waals surface area contributed by atoms with Gasteiger partial charge in [-0.1, -0.05) is 12.8 Å². The third kappa shape index (κ3) is 3.01. The first-order valence-corrected chi connectivity index (χ1v) is 10.6. The second-order valence-electron chi connectivity index (χ2n) is 9.10. The first-order valence-electron chi connectivity index (χ1n) is 10.6. The summed E-state index contributed by atoms with van der Waals surface area (Å²) in [5, 5.41) is 9.30. The van der Waals surface area contributed by atoms with Gasteiger partial charge in [0.25, 0.3) is 0 Å². The Hall–Kier alpha value is -2.68. The first-order chi connectivity index (χ1) is 14.7. The van der Waals surface area contributed by atoms with Crippen molar-refractivity contribution >= 4 is 22.6 Å². The number of nitrogens with zero attached hydrogens (tertiary/aromatic N) is 2. The molecule has 2 aliphatic carbocycles. The number of alkyl halides is 1. The van der Waals surface area contributed by atoms with Gasteiger partial charge in [-0.25, -0.2) is 13.6 Å². The van der Waals surface area contributed by atoms with Crippen LogP contribution in [0.3, 0.4) is 0 Å². The maximum atomic E-state index is 15.4. The van der Waals surface area contributed by atoms with Gasteiger partial charge in [-0.2, -0.15) is 0 Å². The lowest BCUT2D eigenvalue weighted by atomic mass is 9.76. The number of hydrogen-bond donors (Lipinski definition) is 2. The van der Waals surface area contributed by atoms with Crippen molar-refractivity contribution in [3.8, 4) is 5.75 Å². The van der Waals surface area contributed by atoms with Gasteiger partial charge in [0, 0.05) is 31.2 Å². The number of nitrogens with two attached hydrogens (primary N) is 1. The van der Waals surface area contributed by atoms with Crippen molar-refractivity contribution in [2.75, 3.05) is 25.1 Å². The third-order valence-electron chi connectivity index (χ3n) is 7.17. The zero-order valence-electron chi connectivity index (χ0n) is 17.2. The van der Waals surface area contributed by atoms with Crippen molar-refractivity contribution in [2.45, 2.75) is 49.9 Å². The van der Waals surface area contributed by atoms with E-state index in [1.54, 1.807) is 0 Å². The first kappa shape index (κ1) is 20.2. The zero-order chi connectivity index (χ0) is 22.1. The van der Waals surface area contributed by atoms with Crippen molar-refractivity contribution in [1.82, 2.24) is 4.57 Å². The molecule has 31 heavy (non-hydrogen) atoms. The van der Waals surface area contributed by atoms with Crippen LogP contribution in [0.5, 0.6) is 5.75 Å². The lowest BCUT2D eigenvalue weighted by Crippen LogP contribution is -2.49. The molecule has 3 N–H and O–H groups in total. The highest BCUT2D eigenvalue weighted by atomic mass is 19.1. The molecule has 1 aromatic heterocycles. The Bertz CT molecular complexity index is 1150. The van der Waals surface area contributed by atoms with E-state index in [0.717, 1.165) is 37.9 Å². The Morgan fingerprint density at radius 2 is 2.13 bits per heavy atom. The Morgan fingerprint density at radius 1 is 1.39 bits per heavy atom. The maximum absolute atomic E-state index is 15.4. The summed E-state index contributed by atoms with van der Waals surface area (Å²) in [6.45, 7) is 1.03. The van der Waals surface area contributed by atoms with Crippen LogP contribution in [0.15, 0.2) is 17.1 Å². The van der Waals surface area contributed by atoms with Crippen molar-refractivity contribution in [3.05, 3.63) is 33.9 Å². The van der Waals surface area contributed by atoms with Crippen LogP contribution in [-0.4, -0.2) is 47.6 Å². The van der Waals surface area contributed by atoms with E-state index in [1.165, 1.54) is 11.7 Å². The van der Waals surface area contributed by atoms with Crippen LogP contribution >= 0.6 is 0 Å². The largest absolute Gasteiger partial charge is 0.492 e. The molecule has 2 aromatic rings. The maximum Gasteiger partial charge on any atom is 0.341 e. The zero-order valence-corrected chi connectivity index (χ0v) is 17.2. The Morgan fingerprint density at radius 3 is 2.74 bits per heavy atom. The van der Waals surface area contributed by atoms with Gasteiger partial charge in [0.05, 0.1) is 24.1 Å². The minimum atomic E-state index is -1.44. The molecular weight excluding hydrogens is 408 g/mol. The number of carbonyl (C=O) groups is 1. The van der Waals surface area contributed by atoms with Gasteiger partial charge in [-0.05, 0) is 24.8 Å². The number of aromatic nitrogens is 1. The van der Waals surface area contributed by atoms with Crippen LogP contribution in [0.4, 0.5) is 14.5 Å². The summed E-state index contributed by atoms with van der Waals surface area (Å²) in [5.41, 5.74) is 5.33. The number of anilines is 1. The lowest BCUT2D eigenvalue weighted by Gasteiger charge is -2.34. The number of rotatable bonds is 4. The summed E-state index contributed by atoms with van der Waals surface area (Å²) in [7, 11) is 1.37. The molecule has 2 saturated carbocycles. The second-order valence-corrected chi connectivity index (χ2v) is 9.10. The molecule has 4 atom stereocenters. The molecule has 166 valence electrons. The Kier molecular flexibility index (Phi) is 4.51. The number of pyridine rings is 1. The summed E-state index contributed by atoms with van der Waals surface area (Å²) in [6, 6.07) is 0.439. The molecule has 0 spiro atoms. The fourth-order valence-corrected chi connectivity index (χ4v) is 5.46. The molecule has 7 nitrogen and oxygen atoms in total. The van der Waals surface area contributed by atoms with Gasteiger partial charge in [-0.3, -0.25) is 4.79 Å². The predicted molar refractivity (Wildman–Crippen MR) is 111 cm³/mol. The molecule has 9 heteroatoms. The van der Waals surface area contributed by atoms with E-state index in [1.807, 2.05) is 4.90 Å². The van der Waals surface area contributed by atoms with Crippen LogP contribution < -0.4 is 20.8 Å². The molecule has 0 amide bonds. The van der Waals surface area contributed by atoms with Crippen LogP contribution in [0.25, 0.3) is 10.9 Å². The number of fused-ring (bicyclic) bond motifs is 2. The number of carboxylic acid groups (broad SMARTS) is 1. The number of methoxy groups -OCH3 is 1. The molecule has 1 aliphatic heterocycles. The normalized spacial score (nSPS) is 29.8. The summed E-state index contributed by atoms with van der Waals surface area (Å²) < 4.78 is 36.4. The van der Waals surface area contributed by atoms with Gasteiger partial charge in [0.1, 0.15) is 17.4 Å².